The minimum atomic E-state index is -2.40. The number of alkyl halides is 2. The molecule has 1 aromatic rings. The first kappa shape index (κ1) is 13.0. The molecule has 0 bridgehead atoms. The number of anilines is 1. The summed E-state index contributed by atoms with van der Waals surface area (Å²) in [7, 11) is 1.55. The van der Waals surface area contributed by atoms with Crippen molar-refractivity contribution in [3.63, 3.8) is 0 Å². The lowest BCUT2D eigenvalue weighted by Crippen LogP contribution is -2.23. The number of aldehydes is 1. The van der Waals surface area contributed by atoms with Crippen LogP contribution in [0, 0.1) is 0 Å². The van der Waals surface area contributed by atoms with Gasteiger partial charge in [-0.15, -0.1) is 0 Å². The van der Waals surface area contributed by atoms with Crippen LogP contribution < -0.4 is 4.90 Å². The van der Waals surface area contributed by atoms with E-state index in [0.29, 0.717) is 22.1 Å². The Morgan fingerprint density at radius 2 is 2.25 bits per heavy atom. The quantitative estimate of drug-likeness (QED) is 0.725. The molecule has 0 radical (unpaired) electrons. The van der Waals surface area contributed by atoms with Crippen molar-refractivity contribution in [1.82, 2.24) is 4.98 Å². The second kappa shape index (κ2) is 5.89. The van der Waals surface area contributed by atoms with Gasteiger partial charge in [0.05, 0.1) is 17.1 Å². The van der Waals surface area contributed by atoms with Crippen LogP contribution in [0.3, 0.4) is 0 Å². The third kappa shape index (κ3) is 3.23. The lowest BCUT2D eigenvalue weighted by molar-refractivity contribution is 0.112. The lowest BCUT2D eigenvalue weighted by atomic mass is 10.2. The Balaban J connectivity index is 2.84. The zero-order valence-corrected chi connectivity index (χ0v) is 10.1. The summed E-state index contributed by atoms with van der Waals surface area (Å²) < 4.78 is 24.3. The maximum absolute atomic E-state index is 12.2. The normalized spacial score (nSPS) is 10.8. The third-order valence-corrected chi connectivity index (χ3v) is 3.19. The molecule has 0 aliphatic carbocycles. The van der Waals surface area contributed by atoms with E-state index in [4.69, 9.17) is 0 Å². The van der Waals surface area contributed by atoms with Crippen LogP contribution in [-0.4, -0.2) is 31.3 Å². The highest BCUT2D eigenvalue weighted by atomic mass is 32.1. The van der Waals surface area contributed by atoms with Gasteiger partial charge in [0.25, 0.3) is 6.43 Å². The summed E-state index contributed by atoms with van der Waals surface area (Å²) in [6.45, 7) is 1.62. The first-order chi connectivity index (χ1) is 7.58. The van der Waals surface area contributed by atoms with Gasteiger partial charge in [-0.05, 0) is 6.42 Å². The molecule has 16 heavy (non-hydrogen) atoms. The van der Waals surface area contributed by atoms with Gasteiger partial charge < -0.3 is 4.90 Å². The predicted molar refractivity (Wildman–Crippen MR) is 60.8 cm³/mol. The van der Waals surface area contributed by atoms with Crippen molar-refractivity contribution in [2.45, 2.75) is 26.2 Å². The highest BCUT2D eigenvalue weighted by Gasteiger charge is 2.15. The Kier molecular flexibility index (Phi) is 4.79. The maximum atomic E-state index is 12.2. The minimum Gasteiger partial charge on any atom is -0.345 e. The van der Waals surface area contributed by atoms with Gasteiger partial charge in [0.15, 0.2) is 11.4 Å². The Labute approximate surface area is 97.1 Å². The van der Waals surface area contributed by atoms with Crippen LogP contribution in [0.5, 0.6) is 0 Å². The SMILES string of the molecule is CCCc1nc(N(C)CC(F)F)sc1C=O. The first-order valence-corrected chi connectivity index (χ1v) is 5.84. The molecule has 6 heteroatoms. The average molecular weight is 248 g/mol. The summed E-state index contributed by atoms with van der Waals surface area (Å²) in [4.78, 5) is 16.9. The number of halogens is 2. The molecule has 0 aliphatic rings. The Bertz CT molecular complexity index is 355. The molecule has 0 aliphatic heterocycles. The van der Waals surface area contributed by atoms with Crippen LogP contribution in [0.4, 0.5) is 13.9 Å². The number of rotatable bonds is 6. The van der Waals surface area contributed by atoms with Gasteiger partial charge in [0.2, 0.25) is 0 Å². The molecule has 0 amide bonds. The van der Waals surface area contributed by atoms with Crippen molar-refractivity contribution in [3.8, 4) is 0 Å². The number of aryl methyl sites for hydroxylation is 1. The predicted octanol–water partition coefficient (Wildman–Crippen LogP) is 2.61. The molecule has 0 unspecified atom stereocenters. The van der Waals surface area contributed by atoms with Gasteiger partial charge >= 0.3 is 0 Å². The molecule has 0 spiro atoms. The molecule has 3 nitrogen and oxygen atoms in total. The molecule has 0 saturated heterocycles. The number of carbonyl (C=O) groups is 1. The zero-order chi connectivity index (χ0) is 12.1. The fourth-order valence-corrected chi connectivity index (χ4v) is 2.20. The standard InChI is InChI=1S/C10H14F2N2OS/c1-3-4-7-8(6-15)16-10(13-7)14(2)5-9(11)12/h6,9H,3-5H2,1-2H3. The number of thiazole rings is 1. The molecule has 0 fully saturated rings. The van der Waals surface area contributed by atoms with Crippen LogP contribution in [0.2, 0.25) is 0 Å². The van der Waals surface area contributed by atoms with Gasteiger partial charge in [-0.3, -0.25) is 4.79 Å². The topological polar surface area (TPSA) is 33.2 Å². The Morgan fingerprint density at radius 1 is 1.56 bits per heavy atom. The van der Waals surface area contributed by atoms with Gasteiger partial charge in [-0.25, -0.2) is 13.8 Å². The van der Waals surface area contributed by atoms with Crippen molar-refractivity contribution in [3.05, 3.63) is 10.6 Å². The van der Waals surface area contributed by atoms with Gasteiger partial charge in [-0.2, -0.15) is 0 Å². The summed E-state index contributed by atoms with van der Waals surface area (Å²) >= 11 is 1.16. The van der Waals surface area contributed by atoms with Gasteiger partial charge in [0, 0.05) is 7.05 Å². The van der Waals surface area contributed by atoms with Crippen molar-refractivity contribution in [1.29, 1.82) is 0 Å². The summed E-state index contributed by atoms with van der Waals surface area (Å²) in [5, 5.41) is 0.478. The van der Waals surface area contributed by atoms with Crippen molar-refractivity contribution >= 4 is 22.8 Å². The molecule has 0 saturated carbocycles. The Hall–Kier alpha value is -1.04. The van der Waals surface area contributed by atoms with Crippen LogP contribution in [0.1, 0.15) is 28.7 Å². The van der Waals surface area contributed by atoms with Gasteiger partial charge in [-0.1, -0.05) is 24.7 Å². The van der Waals surface area contributed by atoms with E-state index in [1.807, 2.05) is 6.92 Å². The zero-order valence-electron chi connectivity index (χ0n) is 9.24. The molecule has 1 rings (SSSR count). The maximum Gasteiger partial charge on any atom is 0.255 e. The Morgan fingerprint density at radius 3 is 2.75 bits per heavy atom. The molecule has 0 N–H and O–H groups in total. The van der Waals surface area contributed by atoms with Crippen LogP contribution in [0.15, 0.2) is 0 Å². The number of carbonyl (C=O) groups excluding carboxylic acids is 1. The molecule has 90 valence electrons. The summed E-state index contributed by atoms with van der Waals surface area (Å²) in [6.07, 6.45) is -0.0823. The fraction of sp³-hybridized carbons (Fsp3) is 0.600. The number of aromatic nitrogens is 1. The average Bonchev–Trinajstić information content (AvgIpc) is 2.61. The molecular weight excluding hydrogens is 234 g/mol. The van der Waals surface area contributed by atoms with E-state index in [-0.39, 0.29) is 6.54 Å². The lowest BCUT2D eigenvalue weighted by Gasteiger charge is -2.14. The fourth-order valence-electron chi connectivity index (χ4n) is 1.31. The summed E-state index contributed by atoms with van der Waals surface area (Å²) in [5.74, 6) is 0. The van der Waals surface area contributed by atoms with E-state index in [1.54, 1.807) is 7.05 Å². The smallest absolute Gasteiger partial charge is 0.255 e. The summed E-state index contributed by atoms with van der Waals surface area (Å²) in [5.41, 5.74) is 0.707. The van der Waals surface area contributed by atoms with Crippen LogP contribution >= 0.6 is 11.3 Å². The largest absolute Gasteiger partial charge is 0.345 e. The van der Waals surface area contributed by atoms with E-state index in [0.717, 1.165) is 24.0 Å². The van der Waals surface area contributed by atoms with E-state index < -0.39 is 6.43 Å². The molecule has 1 heterocycles. The minimum absolute atomic E-state index is 0.364. The second-order valence-corrected chi connectivity index (χ2v) is 4.46. The third-order valence-electron chi connectivity index (χ3n) is 2.05. The van der Waals surface area contributed by atoms with E-state index >= 15 is 0 Å². The second-order valence-electron chi connectivity index (χ2n) is 3.45. The summed E-state index contributed by atoms with van der Waals surface area (Å²) in [6, 6.07) is 0. The molecule has 0 atom stereocenters. The van der Waals surface area contributed by atoms with Crippen molar-refractivity contribution in [2.75, 3.05) is 18.5 Å². The molecule has 1 aromatic heterocycles. The van der Waals surface area contributed by atoms with Crippen LogP contribution in [0.25, 0.3) is 0 Å². The molecular formula is C10H14F2N2OS. The molecule has 0 aromatic carbocycles. The number of hydrogen-bond donors (Lipinski definition) is 0. The van der Waals surface area contributed by atoms with Gasteiger partial charge in [0.1, 0.15) is 0 Å². The highest BCUT2D eigenvalue weighted by Crippen LogP contribution is 2.25. The van der Waals surface area contributed by atoms with E-state index in [1.165, 1.54) is 4.90 Å². The number of nitrogens with zero attached hydrogens (tertiary/aromatic N) is 2. The monoisotopic (exact) mass is 248 g/mol. The van der Waals surface area contributed by atoms with Crippen molar-refractivity contribution in [2.24, 2.45) is 0 Å². The van der Waals surface area contributed by atoms with Crippen LogP contribution in [-0.2, 0) is 6.42 Å². The van der Waals surface area contributed by atoms with E-state index in [9.17, 15) is 13.6 Å². The number of hydrogen-bond acceptors (Lipinski definition) is 4. The van der Waals surface area contributed by atoms with E-state index in [2.05, 4.69) is 4.98 Å². The first-order valence-electron chi connectivity index (χ1n) is 5.02. The van der Waals surface area contributed by atoms with Crippen molar-refractivity contribution < 1.29 is 13.6 Å². The highest BCUT2D eigenvalue weighted by molar-refractivity contribution is 7.17.